The van der Waals surface area contributed by atoms with Crippen molar-refractivity contribution >= 4 is 45.6 Å². The standard InChI is InChI=1S/C26H31N3O7S/c1-3-35-25(31)16-11-13-28(14-12-16)20-10-9-17(29(33)34)15-19(20)23(30)27-24-22(26(32)36-4-2)18-7-5-6-8-21(18)37-24/h9-10,15-16H,3-8,11-14H2,1-2H3,(H,27,30). The molecule has 1 aliphatic carbocycles. The number of nitro groups is 1. The van der Waals surface area contributed by atoms with Crippen molar-refractivity contribution in [3.8, 4) is 0 Å². The summed E-state index contributed by atoms with van der Waals surface area (Å²) in [6.07, 6.45) is 4.66. The monoisotopic (exact) mass is 529 g/mol. The van der Waals surface area contributed by atoms with Crippen LogP contribution in [0.4, 0.5) is 16.4 Å². The molecule has 2 aliphatic rings. The summed E-state index contributed by atoms with van der Waals surface area (Å²) in [5.41, 5.74) is 1.79. The molecule has 11 heteroatoms. The predicted octanol–water partition coefficient (Wildman–Crippen LogP) is 4.74. The second kappa shape index (κ2) is 11.7. The lowest BCUT2D eigenvalue weighted by atomic mass is 9.95. The molecule has 1 saturated heterocycles. The Hall–Kier alpha value is -3.47. The van der Waals surface area contributed by atoms with Gasteiger partial charge < -0.3 is 19.7 Å². The molecule has 1 fully saturated rings. The number of anilines is 2. The van der Waals surface area contributed by atoms with Crippen LogP contribution < -0.4 is 10.2 Å². The Balaban J connectivity index is 1.63. The number of thiophene rings is 1. The van der Waals surface area contributed by atoms with Gasteiger partial charge in [-0.05, 0) is 64.0 Å². The molecule has 1 aromatic heterocycles. The fraction of sp³-hybridized carbons (Fsp3) is 0.500. The Labute approximate surface area is 219 Å². The van der Waals surface area contributed by atoms with E-state index in [1.54, 1.807) is 19.9 Å². The van der Waals surface area contributed by atoms with Gasteiger partial charge in [0.05, 0.1) is 40.9 Å². The summed E-state index contributed by atoms with van der Waals surface area (Å²) in [6.45, 7) is 5.05. The number of aryl methyl sites for hydroxylation is 1. The number of carbonyl (C=O) groups is 3. The lowest BCUT2D eigenvalue weighted by Crippen LogP contribution is -2.38. The quantitative estimate of drug-likeness (QED) is 0.295. The van der Waals surface area contributed by atoms with E-state index in [2.05, 4.69) is 5.32 Å². The zero-order valence-corrected chi connectivity index (χ0v) is 21.9. The minimum Gasteiger partial charge on any atom is -0.466 e. The van der Waals surface area contributed by atoms with Crippen molar-refractivity contribution in [3.05, 3.63) is 49.9 Å². The molecule has 1 aromatic carbocycles. The molecule has 37 heavy (non-hydrogen) atoms. The number of amides is 1. The number of non-ortho nitro benzene ring substituents is 1. The maximum Gasteiger partial charge on any atom is 0.341 e. The molecule has 1 aliphatic heterocycles. The average Bonchev–Trinajstić information content (AvgIpc) is 3.26. The molecular formula is C26H31N3O7S. The Morgan fingerprint density at radius 1 is 1.11 bits per heavy atom. The van der Waals surface area contributed by atoms with Gasteiger partial charge >= 0.3 is 11.9 Å². The van der Waals surface area contributed by atoms with Gasteiger partial charge in [0.15, 0.2) is 0 Å². The highest BCUT2D eigenvalue weighted by molar-refractivity contribution is 7.17. The summed E-state index contributed by atoms with van der Waals surface area (Å²) in [4.78, 5) is 52.5. The van der Waals surface area contributed by atoms with E-state index in [9.17, 15) is 24.5 Å². The highest BCUT2D eigenvalue weighted by Gasteiger charge is 2.31. The molecule has 0 radical (unpaired) electrons. The van der Waals surface area contributed by atoms with E-state index in [1.807, 2.05) is 4.90 Å². The Morgan fingerprint density at radius 2 is 1.81 bits per heavy atom. The van der Waals surface area contributed by atoms with Crippen molar-refractivity contribution in [1.29, 1.82) is 0 Å². The second-order valence-corrected chi connectivity index (χ2v) is 10.2. The van der Waals surface area contributed by atoms with Crippen molar-refractivity contribution in [2.45, 2.75) is 52.4 Å². The van der Waals surface area contributed by atoms with Gasteiger partial charge in [0.1, 0.15) is 5.00 Å². The van der Waals surface area contributed by atoms with Crippen molar-refractivity contribution in [3.63, 3.8) is 0 Å². The minimum atomic E-state index is -0.540. The highest BCUT2D eigenvalue weighted by Crippen LogP contribution is 2.39. The molecule has 198 valence electrons. The SMILES string of the molecule is CCOC(=O)c1c(NC(=O)c2cc([N+](=O)[O-])ccc2N2CCC(C(=O)OCC)CC2)sc2c1CCCC2. The topological polar surface area (TPSA) is 128 Å². The fourth-order valence-electron chi connectivity index (χ4n) is 4.96. The number of ether oxygens (including phenoxy) is 2. The van der Waals surface area contributed by atoms with Crippen LogP contribution in [0, 0.1) is 16.0 Å². The summed E-state index contributed by atoms with van der Waals surface area (Å²) >= 11 is 1.37. The molecule has 1 N–H and O–H groups in total. The van der Waals surface area contributed by atoms with Crippen molar-refractivity contribution < 1.29 is 28.8 Å². The third-order valence-electron chi connectivity index (χ3n) is 6.77. The van der Waals surface area contributed by atoms with Gasteiger partial charge in [-0.15, -0.1) is 11.3 Å². The molecule has 0 saturated carbocycles. The Morgan fingerprint density at radius 3 is 2.49 bits per heavy atom. The summed E-state index contributed by atoms with van der Waals surface area (Å²) in [6, 6.07) is 4.21. The van der Waals surface area contributed by atoms with Gasteiger partial charge in [0.2, 0.25) is 0 Å². The number of nitrogens with one attached hydrogen (secondary N) is 1. The van der Waals surface area contributed by atoms with Gasteiger partial charge in [0.25, 0.3) is 11.6 Å². The molecule has 1 amide bonds. The number of nitro benzene ring substituents is 1. The molecular weight excluding hydrogens is 498 g/mol. The number of rotatable bonds is 8. The summed E-state index contributed by atoms with van der Waals surface area (Å²) in [5.74, 6) is -1.44. The fourth-order valence-corrected chi connectivity index (χ4v) is 6.23. The van der Waals surface area contributed by atoms with Crippen molar-refractivity contribution in [2.24, 2.45) is 5.92 Å². The first-order valence-electron chi connectivity index (χ1n) is 12.7. The van der Waals surface area contributed by atoms with E-state index in [1.165, 1.54) is 23.5 Å². The number of hydrogen-bond donors (Lipinski definition) is 1. The van der Waals surface area contributed by atoms with E-state index < -0.39 is 16.8 Å². The zero-order chi connectivity index (χ0) is 26.5. The van der Waals surface area contributed by atoms with E-state index in [4.69, 9.17) is 9.47 Å². The number of piperidine rings is 1. The van der Waals surface area contributed by atoms with Crippen LogP contribution >= 0.6 is 11.3 Å². The maximum absolute atomic E-state index is 13.6. The van der Waals surface area contributed by atoms with Crippen LogP contribution in [0.1, 0.15) is 70.7 Å². The van der Waals surface area contributed by atoms with Gasteiger partial charge in [-0.1, -0.05) is 0 Å². The predicted molar refractivity (Wildman–Crippen MR) is 140 cm³/mol. The van der Waals surface area contributed by atoms with Crippen molar-refractivity contribution in [1.82, 2.24) is 0 Å². The number of fused-ring (bicyclic) bond motifs is 1. The highest BCUT2D eigenvalue weighted by atomic mass is 32.1. The average molecular weight is 530 g/mol. The molecule has 0 spiro atoms. The largest absolute Gasteiger partial charge is 0.466 e. The van der Waals surface area contributed by atoms with E-state index in [0.29, 0.717) is 48.8 Å². The Kier molecular flexibility index (Phi) is 8.42. The molecule has 0 atom stereocenters. The molecule has 0 unspecified atom stereocenters. The molecule has 10 nitrogen and oxygen atoms in total. The molecule has 4 rings (SSSR count). The lowest BCUT2D eigenvalue weighted by molar-refractivity contribution is -0.384. The van der Waals surface area contributed by atoms with Crippen LogP contribution in [0.3, 0.4) is 0 Å². The van der Waals surface area contributed by atoms with Crippen LogP contribution in [0.15, 0.2) is 18.2 Å². The summed E-state index contributed by atoms with van der Waals surface area (Å²) in [7, 11) is 0. The second-order valence-electron chi connectivity index (χ2n) is 9.06. The van der Waals surface area contributed by atoms with Gasteiger partial charge in [-0.2, -0.15) is 0 Å². The first kappa shape index (κ1) is 26.6. The Bertz CT molecular complexity index is 1200. The maximum atomic E-state index is 13.6. The van der Waals surface area contributed by atoms with Gasteiger partial charge in [-0.3, -0.25) is 19.7 Å². The molecule has 2 aromatic rings. The first-order valence-corrected chi connectivity index (χ1v) is 13.5. The first-order chi connectivity index (χ1) is 17.8. The van der Waals surface area contributed by atoms with Crippen LogP contribution in [0.5, 0.6) is 0 Å². The normalized spacial score (nSPS) is 15.6. The van der Waals surface area contributed by atoms with Gasteiger partial charge in [0, 0.05) is 30.1 Å². The van der Waals surface area contributed by atoms with Crippen LogP contribution in [0.25, 0.3) is 0 Å². The van der Waals surface area contributed by atoms with Crippen molar-refractivity contribution in [2.75, 3.05) is 36.5 Å². The van der Waals surface area contributed by atoms with Crippen LogP contribution in [-0.4, -0.2) is 49.1 Å². The number of carbonyl (C=O) groups excluding carboxylic acids is 3. The van der Waals surface area contributed by atoms with E-state index >= 15 is 0 Å². The summed E-state index contributed by atoms with van der Waals surface area (Å²) in [5, 5.41) is 14.8. The number of nitrogens with zero attached hydrogens (tertiary/aromatic N) is 2. The van der Waals surface area contributed by atoms with E-state index in [0.717, 1.165) is 36.1 Å². The molecule has 2 heterocycles. The minimum absolute atomic E-state index is 0.143. The zero-order valence-electron chi connectivity index (χ0n) is 21.0. The van der Waals surface area contributed by atoms with E-state index in [-0.39, 0.29) is 29.7 Å². The summed E-state index contributed by atoms with van der Waals surface area (Å²) < 4.78 is 10.4. The smallest absolute Gasteiger partial charge is 0.341 e. The molecule has 0 bridgehead atoms. The third kappa shape index (κ3) is 5.76. The van der Waals surface area contributed by atoms with Crippen LogP contribution in [0.2, 0.25) is 0 Å². The van der Waals surface area contributed by atoms with Crippen LogP contribution in [-0.2, 0) is 27.1 Å². The lowest BCUT2D eigenvalue weighted by Gasteiger charge is -2.33. The van der Waals surface area contributed by atoms with Gasteiger partial charge in [-0.25, -0.2) is 4.79 Å². The third-order valence-corrected chi connectivity index (χ3v) is 7.98. The number of hydrogen-bond acceptors (Lipinski definition) is 9. The number of esters is 2. The number of benzene rings is 1.